The third-order valence-corrected chi connectivity index (χ3v) is 6.10. The summed E-state index contributed by atoms with van der Waals surface area (Å²) in [5.74, 6) is -1.26. The monoisotopic (exact) mass is 292 g/mol. The van der Waals surface area contributed by atoms with Gasteiger partial charge in [-0.15, -0.1) is 0 Å². The Bertz CT molecular complexity index is 373. The van der Waals surface area contributed by atoms with E-state index in [1.807, 2.05) is 28.1 Å². The van der Waals surface area contributed by atoms with E-state index < -0.39 is 19.1 Å². The molecular formula is C13H27NO4P+. The quantitative estimate of drug-likeness (QED) is 0.423. The first-order valence-corrected chi connectivity index (χ1v) is 8.36. The van der Waals surface area contributed by atoms with Gasteiger partial charge in [0.05, 0.1) is 21.1 Å². The molecule has 2 unspecified atom stereocenters. The second kappa shape index (κ2) is 7.22. The highest BCUT2D eigenvalue weighted by molar-refractivity contribution is 7.60. The Kier molecular flexibility index (Phi) is 6.98. The fourth-order valence-electron chi connectivity index (χ4n) is 1.75. The predicted molar refractivity (Wildman–Crippen MR) is 77.2 cm³/mol. The van der Waals surface area contributed by atoms with Gasteiger partial charge in [0.2, 0.25) is 0 Å². The highest BCUT2D eigenvalue weighted by atomic mass is 31.2. The summed E-state index contributed by atoms with van der Waals surface area (Å²) in [4.78, 5) is 11.7. The standard InChI is InChI=1S/C13H27NO4P/c1-7-8-9-19(17,18-13(16)11(2)3)12(10-15)14(4,5)6/h12,15H,2,7-10H2,1,3-6H3/q+1. The number of aliphatic hydroxyl groups is 1. The van der Waals surface area contributed by atoms with Crippen LogP contribution in [0.3, 0.4) is 0 Å². The number of rotatable bonds is 8. The maximum atomic E-state index is 13.0. The van der Waals surface area contributed by atoms with E-state index >= 15 is 0 Å². The van der Waals surface area contributed by atoms with Crippen LogP contribution < -0.4 is 0 Å². The molecule has 0 saturated carbocycles. The Balaban J connectivity index is 5.32. The molecule has 0 amide bonds. The maximum absolute atomic E-state index is 13.0. The molecule has 0 saturated heterocycles. The van der Waals surface area contributed by atoms with Gasteiger partial charge in [0.15, 0.2) is 5.78 Å². The van der Waals surface area contributed by atoms with Gasteiger partial charge in [-0.25, -0.2) is 4.79 Å². The van der Waals surface area contributed by atoms with Gasteiger partial charge >= 0.3 is 13.3 Å². The van der Waals surface area contributed by atoms with Crippen LogP contribution in [0, 0.1) is 0 Å². The second-order valence-electron chi connectivity index (χ2n) is 5.74. The first-order chi connectivity index (χ1) is 8.58. The molecule has 5 nitrogen and oxygen atoms in total. The third-order valence-electron chi connectivity index (χ3n) is 2.92. The lowest BCUT2D eigenvalue weighted by Gasteiger charge is -2.37. The lowest BCUT2D eigenvalue weighted by molar-refractivity contribution is -0.883. The smallest absolute Gasteiger partial charge is 0.338 e. The average molecular weight is 292 g/mol. The van der Waals surface area contributed by atoms with Gasteiger partial charge in [-0.3, -0.25) is 4.57 Å². The molecule has 0 aromatic rings. The van der Waals surface area contributed by atoms with Gasteiger partial charge in [-0.1, -0.05) is 19.9 Å². The normalized spacial score (nSPS) is 16.5. The Hall–Kier alpha value is -0.640. The molecule has 0 aliphatic heterocycles. The number of carbonyl (C=O) groups excluding carboxylic acids is 1. The summed E-state index contributed by atoms with van der Waals surface area (Å²) in [6, 6.07) is 0. The predicted octanol–water partition coefficient (Wildman–Crippen LogP) is 2.21. The van der Waals surface area contributed by atoms with Crippen molar-refractivity contribution >= 4 is 13.3 Å². The SMILES string of the molecule is C=C(C)C(=O)OP(=O)(CCCC)C(CO)[N+](C)(C)C. The molecule has 0 heterocycles. The van der Waals surface area contributed by atoms with E-state index in [9.17, 15) is 14.5 Å². The largest absolute Gasteiger partial charge is 0.404 e. The summed E-state index contributed by atoms with van der Waals surface area (Å²) in [6.45, 7) is 6.72. The van der Waals surface area contributed by atoms with E-state index in [-0.39, 0.29) is 16.7 Å². The van der Waals surface area contributed by atoms with Crippen molar-refractivity contribution in [1.29, 1.82) is 0 Å². The summed E-state index contributed by atoms with van der Waals surface area (Å²) in [5, 5.41) is 9.55. The van der Waals surface area contributed by atoms with Crippen molar-refractivity contribution in [3.05, 3.63) is 12.2 Å². The molecule has 0 spiro atoms. The van der Waals surface area contributed by atoms with Gasteiger partial charge in [0.25, 0.3) is 0 Å². The van der Waals surface area contributed by atoms with Crippen LogP contribution in [0.2, 0.25) is 0 Å². The molecule has 2 atom stereocenters. The molecule has 1 N–H and O–H groups in total. The van der Waals surface area contributed by atoms with Crippen LogP contribution >= 0.6 is 7.37 Å². The maximum Gasteiger partial charge on any atom is 0.338 e. The number of carbonyl (C=O) groups is 1. The lowest BCUT2D eigenvalue weighted by atomic mass is 10.4. The van der Waals surface area contributed by atoms with Crippen molar-refractivity contribution in [1.82, 2.24) is 0 Å². The van der Waals surface area contributed by atoms with Crippen LogP contribution in [-0.4, -0.2) is 55.3 Å². The summed E-state index contributed by atoms with van der Waals surface area (Å²) >= 11 is 0. The average Bonchev–Trinajstić information content (AvgIpc) is 2.25. The van der Waals surface area contributed by atoms with Crippen LogP contribution in [0.25, 0.3) is 0 Å². The number of likely N-dealkylation sites (N-methyl/N-ethyl adjacent to an activating group) is 1. The number of aliphatic hydroxyl groups excluding tert-OH is 1. The molecule has 19 heavy (non-hydrogen) atoms. The molecule has 0 aliphatic carbocycles. The Morgan fingerprint density at radius 3 is 2.26 bits per heavy atom. The summed E-state index contributed by atoms with van der Waals surface area (Å²) in [7, 11) is 2.22. The van der Waals surface area contributed by atoms with E-state index in [1.165, 1.54) is 6.92 Å². The fraction of sp³-hybridized carbons (Fsp3) is 0.769. The van der Waals surface area contributed by atoms with E-state index in [2.05, 4.69) is 6.58 Å². The highest BCUT2D eigenvalue weighted by Gasteiger charge is 2.45. The Morgan fingerprint density at radius 1 is 1.42 bits per heavy atom. The Morgan fingerprint density at radius 2 is 1.95 bits per heavy atom. The van der Waals surface area contributed by atoms with Gasteiger partial charge in [-0.2, -0.15) is 0 Å². The number of hydrogen-bond acceptors (Lipinski definition) is 4. The first kappa shape index (κ1) is 18.4. The molecule has 0 rings (SSSR count). The van der Waals surface area contributed by atoms with Crippen molar-refractivity contribution in [3.8, 4) is 0 Å². The molecule has 112 valence electrons. The molecular weight excluding hydrogens is 265 g/mol. The summed E-state index contributed by atoms with van der Waals surface area (Å²) < 4.78 is 18.5. The molecule has 0 radical (unpaired) electrons. The zero-order valence-electron chi connectivity index (χ0n) is 12.7. The number of nitrogens with zero attached hydrogens (tertiary/aromatic N) is 1. The van der Waals surface area contributed by atoms with E-state index in [4.69, 9.17) is 4.52 Å². The molecule has 0 fully saturated rings. The van der Waals surface area contributed by atoms with Gasteiger partial charge in [-0.05, 0) is 13.3 Å². The van der Waals surface area contributed by atoms with E-state index in [1.54, 1.807) is 0 Å². The van der Waals surface area contributed by atoms with Crippen molar-refractivity contribution in [2.45, 2.75) is 32.5 Å². The summed E-state index contributed by atoms with van der Waals surface area (Å²) in [5.41, 5.74) is 0.217. The zero-order valence-corrected chi connectivity index (χ0v) is 13.6. The fourth-order valence-corrected chi connectivity index (χ4v) is 4.76. The van der Waals surface area contributed by atoms with Crippen LogP contribution in [-0.2, 0) is 13.9 Å². The van der Waals surface area contributed by atoms with Gasteiger partial charge < -0.3 is 14.1 Å². The lowest BCUT2D eigenvalue weighted by Crippen LogP contribution is -2.48. The first-order valence-electron chi connectivity index (χ1n) is 6.48. The molecule has 6 heteroatoms. The van der Waals surface area contributed by atoms with Crippen LogP contribution in [0.1, 0.15) is 26.7 Å². The topological polar surface area (TPSA) is 63.6 Å². The van der Waals surface area contributed by atoms with Crippen molar-refractivity contribution in [3.63, 3.8) is 0 Å². The van der Waals surface area contributed by atoms with Crippen molar-refractivity contribution in [2.24, 2.45) is 0 Å². The minimum absolute atomic E-state index is 0.217. The van der Waals surface area contributed by atoms with Crippen LogP contribution in [0.15, 0.2) is 12.2 Å². The molecule has 0 aliphatic rings. The summed E-state index contributed by atoms with van der Waals surface area (Å²) in [6.07, 6.45) is 1.84. The Labute approximate surface area is 116 Å². The zero-order chi connectivity index (χ0) is 15.3. The van der Waals surface area contributed by atoms with E-state index in [0.717, 1.165) is 6.42 Å². The third kappa shape index (κ3) is 5.47. The molecule has 0 aromatic carbocycles. The number of unbranched alkanes of at least 4 members (excludes halogenated alkanes) is 1. The minimum Gasteiger partial charge on any atom is -0.404 e. The van der Waals surface area contributed by atoms with Gasteiger partial charge in [0, 0.05) is 11.7 Å². The highest BCUT2D eigenvalue weighted by Crippen LogP contribution is 2.55. The van der Waals surface area contributed by atoms with Crippen molar-refractivity contribution < 1.29 is 23.5 Å². The van der Waals surface area contributed by atoms with Crippen LogP contribution in [0.4, 0.5) is 0 Å². The number of hydrogen-bond donors (Lipinski definition) is 1. The molecule has 0 aromatic heterocycles. The minimum atomic E-state index is -3.27. The van der Waals surface area contributed by atoms with Gasteiger partial charge in [0.1, 0.15) is 6.61 Å². The van der Waals surface area contributed by atoms with E-state index in [0.29, 0.717) is 12.6 Å². The number of quaternary nitrogens is 1. The molecule has 0 bridgehead atoms. The van der Waals surface area contributed by atoms with Crippen molar-refractivity contribution in [2.75, 3.05) is 33.9 Å². The van der Waals surface area contributed by atoms with Crippen LogP contribution in [0.5, 0.6) is 0 Å². The second-order valence-corrected chi connectivity index (χ2v) is 8.42.